The second-order valence-corrected chi connectivity index (χ2v) is 13.9. The van der Waals surface area contributed by atoms with E-state index in [9.17, 15) is 24.3 Å². The summed E-state index contributed by atoms with van der Waals surface area (Å²) >= 11 is 0. The van der Waals surface area contributed by atoms with E-state index in [1.165, 1.54) is 6.07 Å². The average molecular weight is 681 g/mol. The molecule has 3 N–H and O–H groups in total. The van der Waals surface area contributed by atoms with Crippen LogP contribution in [0.4, 0.5) is 10.5 Å². The van der Waals surface area contributed by atoms with Gasteiger partial charge in [-0.25, -0.2) is 19.6 Å². The maximum atomic E-state index is 13.8. The molecule has 1 aliphatic carbocycles. The highest BCUT2D eigenvalue weighted by molar-refractivity contribution is 6.01. The van der Waals surface area contributed by atoms with Gasteiger partial charge in [0.05, 0.1) is 0 Å². The molecule has 1 saturated carbocycles. The van der Waals surface area contributed by atoms with Crippen molar-refractivity contribution >= 4 is 35.3 Å². The standard InChI is InChI=1S/C38H44N6O6/c1-23-31(17-18-32(42-23)36(47)48)26-9-5-24(6-10-26)19-29(35(46)43-30-15-13-28(14-16-30)34-40-22-41-44-34)20-33(45)27-11-7-25(8-12-27)21-39-37(49)50-38(2,3)4/h5-6,9-10,13-18,25,27,29H,7-8,11-12,19-22H2,1-4H3,(H,39,49)(H,43,46)(H,47,48)/t25?,27?,29-/m1/s1. The number of aliphatic imine (C=N–C) groups is 1. The van der Waals surface area contributed by atoms with Gasteiger partial charge in [0.1, 0.15) is 17.1 Å². The van der Waals surface area contributed by atoms with Crippen LogP contribution in [0.25, 0.3) is 11.1 Å². The molecule has 1 atom stereocenters. The molecule has 0 saturated heterocycles. The first-order chi connectivity index (χ1) is 23.8. The first kappa shape index (κ1) is 36.0. The lowest BCUT2D eigenvalue weighted by Crippen LogP contribution is -2.37. The largest absolute Gasteiger partial charge is 0.477 e. The summed E-state index contributed by atoms with van der Waals surface area (Å²) < 4.78 is 5.34. The quantitative estimate of drug-likeness (QED) is 0.185. The van der Waals surface area contributed by atoms with E-state index in [4.69, 9.17) is 4.74 Å². The number of aromatic carboxylic acids is 1. The number of rotatable bonds is 12. The van der Waals surface area contributed by atoms with Gasteiger partial charge < -0.3 is 20.5 Å². The summed E-state index contributed by atoms with van der Waals surface area (Å²) in [4.78, 5) is 59.3. The van der Waals surface area contributed by atoms with Crippen LogP contribution in [-0.4, -0.2) is 58.5 Å². The number of anilines is 1. The van der Waals surface area contributed by atoms with Crippen LogP contribution in [0, 0.1) is 24.7 Å². The van der Waals surface area contributed by atoms with Crippen molar-refractivity contribution in [3.63, 3.8) is 0 Å². The molecular formula is C38H44N6O6. The molecule has 2 aliphatic rings. The number of nitrogens with one attached hydrogen (secondary N) is 2. The van der Waals surface area contributed by atoms with Crippen molar-refractivity contribution in [3.8, 4) is 11.1 Å². The average Bonchev–Trinajstić information content (AvgIpc) is 3.62. The number of alkyl carbamates (subject to hydrolysis) is 1. The molecule has 2 aromatic carbocycles. The van der Waals surface area contributed by atoms with Crippen LogP contribution < -0.4 is 10.6 Å². The zero-order valence-corrected chi connectivity index (χ0v) is 28.9. The second kappa shape index (κ2) is 16.0. The highest BCUT2D eigenvalue weighted by atomic mass is 16.6. The third-order valence-electron chi connectivity index (χ3n) is 8.97. The van der Waals surface area contributed by atoms with Crippen LogP contribution >= 0.6 is 0 Å². The summed E-state index contributed by atoms with van der Waals surface area (Å²) in [7, 11) is 0. The summed E-state index contributed by atoms with van der Waals surface area (Å²) in [5, 5.41) is 23.0. The Balaban J connectivity index is 1.25. The molecule has 50 heavy (non-hydrogen) atoms. The topological polar surface area (TPSA) is 172 Å². The molecule has 3 aromatic rings. The van der Waals surface area contributed by atoms with E-state index >= 15 is 0 Å². The van der Waals surface area contributed by atoms with Crippen molar-refractivity contribution < 1.29 is 29.0 Å². The second-order valence-electron chi connectivity index (χ2n) is 13.9. The normalized spacial score (nSPS) is 17.8. The summed E-state index contributed by atoms with van der Waals surface area (Å²) in [6, 6.07) is 18.2. The van der Waals surface area contributed by atoms with E-state index in [1.54, 1.807) is 25.1 Å². The number of pyridine rings is 1. The maximum absolute atomic E-state index is 13.8. The first-order valence-electron chi connectivity index (χ1n) is 17.0. The minimum Gasteiger partial charge on any atom is -0.477 e. The minimum atomic E-state index is -1.08. The van der Waals surface area contributed by atoms with Crippen molar-refractivity contribution in [1.82, 2.24) is 10.3 Å². The number of nitrogens with zero attached hydrogens (tertiary/aromatic N) is 4. The number of hydrogen-bond donors (Lipinski definition) is 3. The molecule has 1 aliphatic heterocycles. The summed E-state index contributed by atoms with van der Waals surface area (Å²) in [5.41, 5.74) is 4.01. The number of carbonyl (C=O) groups excluding carboxylic acids is 3. The molecule has 1 fully saturated rings. The first-order valence-corrected chi connectivity index (χ1v) is 17.0. The Morgan fingerprint density at radius 2 is 1.60 bits per heavy atom. The Morgan fingerprint density at radius 3 is 2.20 bits per heavy atom. The Hall–Kier alpha value is -5.26. The predicted molar refractivity (Wildman–Crippen MR) is 189 cm³/mol. The zero-order chi connectivity index (χ0) is 35.8. The fourth-order valence-electron chi connectivity index (χ4n) is 6.31. The number of aromatic nitrogens is 1. The van der Waals surface area contributed by atoms with E-state index in [-0.39, 0.29) is 35.6 Å². The van der Waals surface area contributed by atoms with Crippen LogP contribution in [0.15, 0.2) is 75.9 Å². The fourth-order valence-corrected chi connectivity index (χ4v) is 6.31. The van der Waals surface area contributed by atoms with Crippen molar-refractivity contribution in [2.75, 3.05) is 18.5 Å². The predicted octanol–water partition coefficient (Wildman–Crippen LogP) is 7.01. The highest BCUT2D eigenvalue weighted by Crippen LogP contribution is 2.32. The van der Waals surface area contributed by atoms with Crippen LogP contribution in [0.2, 0.25) is 0 Å². The van der Waals surface area contributed by atoms with Crippen molar-refractivity contribution in [1.29, 1.82) is 0 Å². The van der Waals surface area contributed by atoms with E-state index < -0.39 is 23.6 Å². The van der Waals surface area contributed by atoms with Crippen molar-refractivity contribution in [3.05, 3.63) is 83.2 Å². The summed E-state index contributed by atoms with van der Waals surface area (Å²) in [6.07, 6.45) is 3.06. The fraction of sp³-hybridized carbons (Fsp3) is 0.421. The zero-order valence-electron chi connectivity index (χ0n) is 28.9. The Bertz CT molecular complexity index is 1770. The number of hydrogen-bond acceptors (Lipinski definition) is 9. The lowest BCUT2D eigenvalue weighted by atomic mass is 9.77. The van der Waals surface area contributed by atoms with Crippen molar-refractivity contribution in [2.24, 2.45) is 33.0 Å². The van der Waals surface area contributed by atoms with Crippen LogP contribution in [0.3, 0.4) is 0 Å². The number of aryl methyl sites for hydroxylation is 1. The van der Waals surface area contributed by atoms with Gasteiger partial charge in [-0.1, -0.05) is 30.3 Å². The SMILES string of the molecule is Cc1nc(C(=O)O)ccc1-c1ccc(C[C@H](CC(=O)C2CCC(CNC(=O)OC(C)(C)C)CC2)C(=O)Nc2ccc(C3=NCN=N3)cc2)cc1. The van der Waals surface area contributed by atoms with Gasteiger partial charge in [-0.3, -0.25) is 9.59 Å². The summed E-state index contributed by atoms with van der Waals surface area (Å²) in [6.45, 7) is 8.05. The lowest BCUT2D eigenvalue weighted by Gasteiger charge is -2.29. The number of Topliss-reactive ketones (excluding diaryl/α,β-unsaturated/α-hetero) is 1. The monoisotopic (exact) mass is 680 g/mol. The molecule has 2 amide bonds. The van der Waals surface area contributed by atoms with Crippen molar-refractivity contribution in [2.45, 2.75) is 71.8 Å². The molecule has 0 unspecified atom stereocenters. The number of carboxylic acids is 1. The molecule has 0 bridgehead atoms. The van der Waals surface area contributed by atoms with E-state index in [0.717, 1.165) is 35.1 Å². The maximum Gasteiger partial charge on any atom is 0.407 e. The van der Waals surface area contributed by atoms with Crippen LogP contribution in [-0.2, 0) is 20.7 Å². The van der Waals surface area contributed by atoms with Gasteiger partial charge in [-0.2, -0.15) is 5.11 Å². The third kappa shape index (κ3) is 9.90. The van der Waals surface area contributed by atoms with Gasteiger partial charge in [-0.05, 0) is 107 Å². The number of ketones is 1. The Morgan fingerprint density at radius 1 is 0.920 bits per heavy atom. The van der Waals surface area contributed by atoms with E-state index in [1.807, 2.05) is 57.2 Å². The van der Waals surface area contributed by atoms with Gasteiger partial charge in [0, 0.05) is 47.3 Å². The van der Waals surface area contributed by atoms with Gasteiger partial charge >= 0.3 is 12.1 Å². The number of benzene rings is 2. The van der Waals surface area contributed by atoms with Gasteiger partial charge in [0.15, 0.2) is 12.5 Å². The number of ether oxygens (including phenoxy) is 1. The lowest BCUT2D eigenvalue weighted by molar-refractivity contribution is -0.129. The van der Waals surface area contributed by atoms with Gasteiger partial charge in [0.25, 0.3) is 0 Å². The molecule has 12 heteroatoms. The number of amides is 2. The molecule has 0 spiro atoms. The van der Waals surface area contributed by atoms with Crippen LogP contribution in [0.1, 0.15) is 80.2 Å². The van der Waals surface area contributed by atoms with Gasteiger partial charge in [0.2, 0.25) is 5.91 Å². The van der Waals surface area contributed by atoms with E-state index in [2.05, 4.69) is 30.8 Å². The van der Waals surface area contributed by atoms with E-state index in [0.29, 0.717) is 49.7 Å². The molecule has 2 heterocycles. The molecule has 262 valence electrons. The smallest absolute Gasteiger partial charge is 0.407 e. The summed E-state index contributed by atoms with van der Waals surface area (Å²) in [5.74, 6) is -1.19. The molecule has 12 nitrogen and oxygen atoms in total. The minimum absolute atomic E-state index is 0.0141. The number of carboxylic acid groups (broad SMARTS) is 1. The molecule has 5 rings (SSSR count). The molecular weight excluding hydrogens is 636 g/mol. The number of amidine groups is 1. The number of carbonyl (C=O) groups is 4. The van der Waals surface area contributed by atoms with Gasteiger partial charge in [-0.15, -0.1) is 5.11 Å². The number of azo groups is 1. The molecule has 1 aromatic heterocycles. The Labute approximate surface area is 291 Å². The Kier molecular flexibility index (Phi) is 11.5. The molecule has 0 radical (unpaired) electrons. The third-order valence-corrected chi connectivity index (χ3v) is 8.97. The van der Waals surface area contributed by atoms with Crippen LogP contribution in [0.5, 0.6) is 0 Å². The highest BCUT2D eigenvalue weighted by Gasteiger charge is 2.31.